The van der Waals surface area contributed by atoms with Crippen molar-refractivity contribution in [1.29, 1.82) is 0 Å². The van der Waals surface area contributed by atoms with Crippen LogP contribution in [0.2, 0.25) is 5.02 Å². The highest BCUT2D eigenvalue weighted by molar-refractivity contribution is 6.30. The molecule has 1 aromatic rings. The fraction of sp³-hybridized carbons (Fsp3) is 0.529. The first-order chi connectivity index (χ1) is 11.0. The molecule has 0 spiro atoms. The molecule has 0 radical (unpaired) electrons. The van der Waals surface area contributed by atoms with Gasteiger partial charge in [0, 0.05) is 24.7 Å². The highest BCUT2D eigenvalue weighted by atomic mass is 35.5. The van der Waals surface area contributed by atoms with Crippen molar-refractivity contribution in [3.8, 4) is 0 Å². The molecular weight excluding hydrogens is 314 g/mol. The van der Waals surface area contributed by atoms with E-state index in [1.807, 2.05) is 24.3 Å². The van der Waals surface area contributed by atoms with Crippen LogP contribution in [0.25, 0.3) is 0 Å². The van der Waals surface area contributed by atoms with Crippen LogP contribution in [-0.2, 0) is 16.1 Å². The molecule has 2 fully saturated rings. The fourth-order valence-corrected chi connectivity index (χ4v) is 3.52. The van der Waals surface area contributed by atoms with Gasteiger partial charge in [-0.2, -0.15) is 0 Å². The Kier molecular flexibility index (Phi) is 4.60. The highest BCUT2D eigenvalue weighted by Gasteiger charge is 2.41. The molecule has 1 heterocycles. The van der Waals surface area contributed by atoms with E-state index >= 15 is 0 Å². The first kappa shape index (κ1) is 16.3. The molecule has 1 aromatic carbocycles. The topological polar surface area (TPSA) is 66.6 Å². The lowest BCUT2D eigenvalue weighted by molar-refractivity contribution is -0.148. The molecule has 1 saturated heterocycles. The van der Waals surface area contributed by atoms with Crippen molar-refractivity contribution in [2.45, 2.75) is 37.8 Å². The van der Waals surface area contributed by atoms with Crippen LogP contribution in [0.5, 0.6) is 0 Å². The molecular formula is C17H22ClN3O2. The number of carbonyl (C=O) groups excluding carboxylic acids is 2. The molecule has 6 heteroatoms. The maximum Gasteiger partial charge on any atom is 0.243 e. The second kappa shape index (κ2) is 6.49. The molecule has 2 N–H and O–H groups in total. The summed E-state index contributed by atoms with van der Waals surface area (Å²) in [6, 6.07) is 7.47. The molecule has 0 unspecified atom stereocenters. The van der Waals surface area contributed by atoms with Gasteiger partial charge >= 0.3 is 0 Å². The van der Waals surface area contributed by atoms with Crippen LogP contribution in [0.4, 0.5) is 0 Å². The van der Waals surface area contributed by atoms with Crippen molar-refractivity contribution < 1.29 is 9.59 Å². The summed E-state index contributed by atoms with van der Waals surface area (Å²) >= 11 is 5.88. The van der Waals surface area contributed by atoms with Gasteiger partial charge in [-0.05, 0) is 30.5 Å². The van der Waals surface area contributed by atoms with Crippen LogP contribution in [0.1, 0.15) is 31.2 Å². The molecule has 0 atom stereocenters. The number of amides is 2. The summed E-state index contributed by atoms with van der Waals surface area (Å²) < 4.78 is 0. The second-order valence-corrected chi connectivity index (χ2v) is 6.97. The molecule has 2 aliphatic rings. The predicted molar refractivity (Wildman–Crippen MR) is 88.8 cm³/mol. The van der Waals surface area contributed by atoms with Crippen LogP contribution >= 0.6 is 11.6 Å². The monoisotopic (exact) mass is 335 g/mol. The Morgan fingerprint density at radius 2 is 1.83 bits per heavy atom. The van der Waals surface area contributed by atoms with Crippen LogP contribution in [0.15, 0.2) is 24.3 Å². The molecule has 0 aromatic heterocycles. The molecule has 0 bridgehead atoms. The average Bonchev–Trinajstić information content (AvgIpc) is 2.99. The standard InChI is InChI=1S/C17H22ClN3O2/c18-14-5-3-13(4-6-14)11-20-9-10-21(12-15(20)22)16(23)17(19)7-1-2-8-17/h3-6H,1-2,7-12,19H2. The molecule has 3 rings (SSSR count). The summed E-state index contributed by atoms with van der Waals surface area (Å²) in [6.07, 6.45) is 3.44. The SMILES string of the molecule is NC1(C(=O)N2CCN(Cc3ccc(Cl)cc3)C(=O)C2)CCCC1. The van der Waals surface area contributed by atoms with E-state index in [2.05, 4.69) is 0 Å². The van der Waals surface area contributed by atoms with Crippen molar-refractivity contribution in [2.75, 3.05) is 19.6 Å². The molecule has 1 aliphatic carbocycles. The van der Waals surface area contributed by atoms with Crippen molar-refractivity contribution in [3.05, 3.63) is 34.9 Å². The lowest BCUT2D eigenvalue weighted by Gasteiger charge is -2.38. The van der Waals surface area contributed by atoms with Gasteiger partial charge in [-0.3, -0.25) is 9.59 Å². The van der Waals surface area contributed by atoms with Gasteiger partial charge < -0.3 is 15.5 Å². The summed E-state index contributed by atoms with van der Waals surface area (Å²) in [7, 11) is 0. The lowest BCUT2D eigenvalue weighted by atomic mass is 9.96. The Labute approximate surface area is 141 Å². The molecule has 23 heavy (non-hydrogen) atoms. The van der Waals surface area contributed by atoms with E-state index in [0.717, 1.165) is 31.2 Å². The molecule has 5 nitrogen and oxygen atoms in total. The fourth-order valence-electron chi connectivity index (χ4n) is 3.39. The molecule has 1 saturated carbocycles. The van der Waals surface area contributed by atoms with Gasteiger partial charge in [-0.15, -0.1) is 0 Å². The molecule has 2 amide bonds. The number of hydrogen-bond donors (Lipinski definition) is 1. The van der Waals surface area contributed by atoms with Crippen molar-refractivity contribution in [2.24, 2.45) is 5.73 Å². The summed E-state index contributed by atoms with van der Waals surface area (Å²) in [4.78, 5) is 28.4. The number of halogens is 1. The van der Waals surface area contributed by atoms with Crippen LogP contribution in [0.3, 0.4) is 0 Å². The van der Waals surface area contributed by atoms with Gasteiger partial charge in [0.2, 0.25) is 11.8 Å². The minimum atomic E-state index is -0.751. The Hall–Kier alpha value is -1.59. The van der Waals surface area contributed by atoms with Crippen LogP contribution < -0.4 is 5.73 Å². The van der Waals surface area contributed by atoms with Crippen molar-refractivity contribution >= 4 is 23.4 Å². The second-order valence-electron chi connectivity index (χ2n) is 6.53. The first-order valence-electron chi connectivity index (χ1n) is 8.08. The highest BCUT2D eigenvalue weighted by Crippen LogP contribution is 2.29. The van der Waals surface area contributed by atoms with Gasteiger partial charge in [-0.1, -0.05) is 36.6 Å². The third-order valence-electron chi connectivity index (χ3n) is 4.81. The Balaban J connectivity index is 1.60. The van der Waals surface area contributed by atoms with Crippen molar-refractivity contribution in [1.82, 2.24) is 9.80 Å². The smallest absolute Gasteiger partial charge is 0.243 e. The Bertz CT molecular complexity index is 596. The van der Waals surface area contributed by atoms with Gasteiger partial charge in [0.15, 0.2) is 0 Å². The van der Waals surface area contributed by atoms with E-state index in [9.17, 15) is 9.59 Å². The predicted octanol–water partition coefficient (Wildman–Crippen LogP) is 1.78. The number of piperazine rings is 1. The number of nitrogens with two attached hydrogens (primary N) is 1. The number of nitrogens with zero attached hydrogens (tertiary/aromatic N) is 2. The van der Waals surface area contributed by atoms with E-state index in [1.54, 1.807) is 9.80 Å². The summed E-state index contributed by atoms with van der Waals surface area (Å²) in [5.74, 6) is -0.0874. The number of rotatable bonds is 3. The zero-order valence-corrected chi connectivity index (χ0v) is 13.9. The minimum absolute atomic E-state index is 0.0267. The van der Waals surface area contributed by atoms with Crippen LogP contribution in [0, 0.1) is 0 Å². The number of carbonyl (C=O) groups is 2. The van der Waals surface area contributed by atoms with Gasteiger partial charge in [0.25, 0.3) is 0 Å². The van der Waals surface area contributed by atoms with Crippen LogP contribution in [-0.4, -0.2) is 46.8 Å². The van der Waals surface area contributed by atoms with Crippen molar-refractivity contribution in [3.63, 3.8) is 0 Å². The molecule has 1 aliphatic heterocycles. The zero-order chi connectivity index (χ0) is 16.4. The Morgan fingerprint density at radius 1 is 1.17 bits per heavy atom. The third kappa shape index (κ3) is 3.51. The van der Waals surface area contributed by atoms with E-state index in [4.69, 9.17) is 17.3 Å². The maximum absolute atomic E-state index is 12.6. The van der Waals surface area contributed by atoms with E-state index in [0.29, 0.717) is 24.7 Å². The van der Waals surface area contributed by atoms with Gasteiger partial charge in [0.05, 0.1) is 12.1 Å². The van der Waals surface area contributed by atoms with Gasteiger partial charge in [-0.25, -0.2) is 0 Å². The summed E-state index contributed by atoms with van der Waals surface area (Å²) in [5, 5.41) is 0.681. The van der Waals surface area contributed by atoms with E-state index < -0.39 is 5.54 Å². The summed E-state index contributed by atoms with van der Waals surface area (Å²) in [5.41, 5.74) is 6.51. The number of hydrogen-bond acceptors (Lipinski definition) is 3. The number of benzene rings is 1. The maximum atomic E-state index is 12.6. The minimum Gasteiger partial charge on any atom is -0.335 e. The normalized spacial score (nSPS) is 20.9. The van der Waals surface area contributed by atoms with Gasteiger partial charge in [0.1, 0.15) is 0 Å². The zero-order valence-electron chi connectivity index (χ0n) is 13.1. The summed E-state index contributed by atoms with van der Waals surface area (Å²) in [6.45, 7) is 1.78. The largest absolute Gasteiger partial charge is 0.335 e. The first-order valence-corrected chi connectivity index (χ1v) is 8.46. The van der Waals surface area contributed by atoms with E-state index in [1.165, 1.54) is 0 Å². The Morgan fingerprint density at radius 3 is 2.43 bits per heavy atom. The lowest BCUT2D eigenvalue weighted by Crippen LogP contribution is -2.59. The van der Waals surface area contributed by atoms with E-state index in [-0.39, 0.29) is 18.4 Å². The molecule has 124 valence electrons. The third-order valence-corrected chi connectivity index (χ3v) is 5.07. The quantitative estimate of drug-likeness (QED) is 0.915. The average molecular weight is 336 g/mol.